The van der Waals surface area contributed by atoms with E-state index in [0.29, 0.717) is 35.4 Å². The molecule has 0 bridgehead atoms. The lowest BCUT2D eigenvalue weighted by atomic mass is 10.1. The van der Waals surface area contributed by atoms with Crippen molar-refractivity contribution in [2.45, 2.75) is 19.4 Å². The zero-order chi connectivity index (χ0) is 18.1. The first-order valence-corrected chi connectivity index (χ1v) is 8.29. The summed E-state index contributed by atoms with van der Waals surface area (Å²) in [5.41, 5.74) is 4.81. The van der Waals surface area contributed by atoms with E-state index in [1.54, 1.807) is 4.57 Å². The van der Waals surface area contributed by atoms with Gasteiger partial charge in [0.15, 0.2) is 5.82 Å². The monoisotopic (exact) mass is 348 g/mol. The van der Waals surface area contributed by atoms with Crippen molar-refractivity contribution in [1.29, 1.82) is 0 Å². The predicted octanol–water partition coefficient (Wildman–Crippen LogP) is 2.70. The number of para-hydroxylation sites is 1. The van der Waals surface area contributed by atoms with E-state index in [-0.39, 0.29) is 11.1 Å². The molecule has 1 aliphatic heterocycles. The molecule has 0 radical (unpaired) electrons. The van der Waals surface area contributed by atoms with Crippen molar-refractivity contribution >= 4 is 28.3 Å². The Labute approximate surface area is 148 Å². The van der Waals surface area contributed by atoms with Crippen LogP contribution in [0.4, 0.5) is 5.69 Å². The van der Waals surface area contributed by atoms with Gasteiger partial charge >= 0.3 is 5.97 Å². The minimum absolute atomic E-state index is 0.103. The minimum Gasteiger partial charge on any atom is -0.478 e. The largest absolute Gasteiger partial charge is 0.478 e. The molecule has 0 spiro atoms. The Bertz CT molecular complexity index is 1090. The molecular weight excluding hydrogens is 332 g/mol. The van der Waals surface area contributed by atoms with Crippen molar-refractivity contribution in [2.24, 2.45) is 5.10 Å². The van der Waals surface area contributed by atoms with Crippen LogP contribution in [0, 0.1) is 0 Å². The molecule has 0 saturated carbocycles. The molecule has 4 rings (SSSR count). The van der Waals surface area contributed by atoms with Gasteiger partial charge in [-0.1, -0.05) is 18.2 Å². The molecule has 130 valence electrons. The summed E-state index contributed by atoms with van der Waals surface area (Å²) in [4.78, 5) is 28.5. The number of hydrogen-bond acceptors (Lipinski definition) is 5. The molecule has 0 aliphatic carbocycles. The highest BCUT2D eigenvalue weighted by Gasteiger charge is 2.21. The molecule has 2 heterocycles. The summed E-state index contributed by atoms with van der Waals surface area (Å²) in [6.45, 7) is 0.572. The first-order chi connectivity index (χ1) is 12.6. The SMILES string of the molecule is O=C(O)c1ccc2c(=O)n3c(nc2c1)C(=NNc1ccccc1)CCC3. The van der Waals surface area contributed by atoms with Crippen LogP contribution in [0.2, 0.25) is 0 Å². The number of aromatic nitrogens is 2. The molecule has 0 fully saturated rings. The van der Waals surface area contributed by atoms with Crippen molar-refractivity contribution in [2.75, 3.05) is 5.43 Å². The molecule has 7 heteroatoms. The fourth-order valence-corrected chi connectivity index (χ4v) is 3.05. The van der Waals surface area contributed by atoms with Gasteiger partial charge in [-0.3, -0.25) is 14.8 Å². The Balaban J connectivity index is 1.82. The Morgan fingerprint density at radius 3 is 2.77 bits per heavy atom. The van der Waals surface area contributed by atoms with Gasteiger partial charge in [0, 0.05) is 6.54 Å². The first-order valence-electron chi connectivity index (χ1n) is 8.29. The number of aromatic carboxylic acids is 1. The average molecular weight is 348 g/mol. The van der Waals surface area contributed by atoms with Crippen LogP contribution in [-0.2, 0) is 6.54 Å². The van der Waals surface area contributed by atoms with Crippen LogP contribution in [0.25, 0.3) is 10.9 Å². The smallest absolute Gasteiger partial charge is 0.335 e. The quantitative estimate of drug-likeness (QED) is 0.710. The summed E-state index contributed by atoms with van der Waals surface area (Å²) in [7, 11) is 0. The summed E-state index contributed by atoms with van der Waals surface area (Å²) >= 11 is 0. The highest BCUT2D eigenvalue weighted by molar-refractivity contribution is 6.00. The lowest BCUT2D eigenvalue weighted by Crippen LogP contribution is -2.32. The lowest BCUT2D eigenvalue weighted by molar-refractivity contribution is 0.0697. The molecule has 0 atom stereocenters. The van der Waals surface area contributed by atoms with Crippen LogP contribution in [-0.4, -0.2) is 26.3 Å². The van der Waals surface area contributed by atoms with E-state index in [1.165, 1.54) is 18.2 Å². The Morgan fingerprint density at radius 1 is 1.19 bits per heavy atom. The summed E-state index contributed by atoms with van der Waals surface area (Å²) in [5.74, 6) is -0.564. The summed E-state index contributed by atoms with van der Waals surface area (Å²) < 4.78 is 1.61. The number of benzene rings is 2. The van der Waals surface area contributed by atoms with Crippen molar-refractivity contribution in [3.05, 3.63) is 70.3 Å². The maximum atomic E-state index is 12.8. The third kappa shape index (κ3) is 2.83. The van der Waals surface area contributed by atoms with Gasteiger partial charge in [0.2, 0.25) is 0 Å². The zero-order valence-corrected chi connectivity index (χ0v) is 13.8. The fraction of sp³-hybridized carbons (Fsp3) is 0.158. The van der Waals surface area contributed by atoms with Crippen LogP contribution in [0.1, 0.15) is 29.0 Å². The lowest BCUT2D eigenvalue weighted by Gasteiger charge is -2.19. The van der Waals surface area contributed by atoms with Crippen molar-refractivity contribution < 1.29 is 9.90 Å². The van der Waals surface area contributed by atoms with Gasteiger partial charge < -0.3 is 5.11 Å². The Hall–Kier alpha value is -3.48. The molecule has 0 amide bonds. The third-order valence-corrected chi connectivity index (χ3v) is 4.35. The second-order valence-electron chi connectivity index (χ2n) is 6.07. The topological polar surface area (TPSA) is 96.6 Å². The van der Waals surface area contributed by atoms with Crippen LogP contribution in [0.3, 0.4) is 0 Å². The summed E-state index contributed by atoms with van der Waals surface area (Å²) in [5, 5.41) is 14.0. The molecule has 0 saturated heterocycles. The Morgan fingerprint density at radius 2 is 2.00 bits per heavy atom. The number of carboxylic acid groups (broad SMARTS) is 1. The number of carboxylic acids is 1. The molecule has 0 unspecified atom stereocenters. The van der Waals surface area contributed by atoms with E-state index in [0.717, 1.165) is 12.1 Å². The highest BCUT2D eigenvalue weighted by atomic mass is 16.4. The maximum Gasteiger partial charge on any atom is 0.335 e. The van der Waals surface area contributed by atoms with E-state index in [4.69, 9.17) is 5.11 Å². The van der Waals surface area contributed by atoms with Crippen LogP contribution in [0.5, 0.6) is 0 Å². The van der Waals surface area contributed by atoms with Crippen molar-refractivity contribution in [3.8, 4) is 0 Å². The number of anilines is 1. The van der Waals surface area contributed by atoms with Gasteiger partial charge in [-0.25, -0.2) is 9.78 Å². The van der Waals surface area contributed by atoms with Gasteiger partial charge in [0.25, 0.3) is 5.56 Å². The van der Waals surface area contributed by atoms with Gasteiger partial charge in [-0.15, -0.1) is 0 Å². The number of hydrogen-bond donors (Lipinski definition) is 2. The van der Waals surface area contributed by atoms with Crippen molar-refractivity contribution in [3.63, 3.8) is 0 Å². The Kier molecular flexibility index (Phi) is 3.96. The van der Waals surface area contributed by atoms with Gasteiger partial charge in [0.05, 0.1) is 22.2 Å². The van der Waals surface area contributed by atoms with Crippen LogP contribution >= 0.6 is 0 Å². The summed E-state index contributed by atoms with van der Waals surface area (Å²) in [6.07, 6.45) is 1.49. The molecular formula is C19H16N4O3. The minimum atomic E-state index is -1.05. The molecule has 2 aromatic carbocycles. The number of fused-ring (bicyclic) bond motifs is 2. The number of carbonyl (C=O) groups is 1. The number of rotatable bonds is 3. The summed E-state index contributed by atoms with van der Waals surface area (Å²) in [6, 6.07) is 13.9. The van der Waals surface area contributed by atoms with Crippen LogP contribution in [0.15, 0.2) is 58.4 Å². The number of hydrazone groups is 1. The molecule has 2 N–H and O–H groups in total. The van der Waals surface area contributed by atoms with Crippen LogP contribution < -0.4 is 11.0 Å². The molecule has 26 heavy (non-hydrogen) atoms. The van der Waals surface area contributed by atoms with E-state index < -0.39 is 5.97 Å². The second-order valence-corrected chi connectivity index (χ2v) is 6.07. The van der Waals surface area contributed by atoms with E-state index >= 15 is 0 Å². The number of nitrogens with one attached hydrogen (secondary N) is 1. The maximum absolute atomic E-state index is 12.8. The highest BCUT2D eigenvalue weighted by Crippen LogP contribution is 2.18. The van der Waals surface area contributed by atoms with E-state index in [2.05, 4.69) is 15.5 Å². The molecule has 7 nitrogen and oxygen atoms in total. The molecule has 3 aromatic rings. The molecule has 1 aliphatic rings. The van der Waals surface area contributed by atoms with E-state index in [9.17, 15) is 9.59 Å². The normalized spacial score (nSPS) is 15.0. The first kappa shape index (κ1) is 16.0. The fourth-order valence-electron chi connectivity index (χ4n) is 3.05. The van der Waals surface area contributed by atoms with Gasteiger partial charge in [-0.2, -0.15) is 5.10 Å². The number of nitrogens with zero attached hydrogens (tertiary/aromatic N) is 3. The average Bonchev–Trinajstić information content (AvgIpc) is 2.67. The third-order valence-electron chi connectivity index (χ3n) is 4.35. The van der Waals surface area contributed by atoms with Gasteiger partial charge in [-0.05, 0) is 43.2 Å². The van der Waals surface area contributed by atoms with Gasteiger partial charge in [0.1, 0.15) is 5.71 Å². The predicted molar refractivity (Wildman–Crippen MR) is 98.8 cm³/mol. The second kappa shape index (κ2) is 6.44. The van der Waals surface area contributed by atoms with E-state index in [1.807, 2.05) is 30.3 Å². The molecule has 1 aromatic heterocycles. The standard InChI is InChI=1S/C19H16N4O3/c24-18-14-9-8-12(19(25)26)11-16(14)20-17-15(7-4-10-23(17)18)22-21-13-5-2-1-3-6-13/h1-3,5-6,8-9,11,21H,4,7,10H2,(H,25,26). The zero-order valence-electron chi connectivity index (χ0n) is 13.8. The van der Waals surface area contributed by atoms with Crippen molar-refractivity contribution in [1.82, 2.24) is 9.55 Å².